The van der Waals surface area contributed by atoms with Crippen LogP contribution in [-0.4, -0.2) is 50.7 Å². The fourth-order valence-corrected chi connectivity index (χ4v) is 6.61. The van der Waals surface area contributed by atoms with Crippen molar-refractivity contribution >= 4 is 40.0 Å². The molecule has 2 aromatic heterocycles. The minimum Gasteiger partial charge on any atom is -0.341 e. The van der Waals surface area contributed by atoms with Crippen LogP contribution in [0.2, 0.25) is 5.02 Å². The van der Waals surface area contributed by atoms with Crippen LogP contribution in [0.25, 0.3) is 27.5 Å². The molecular weight excluding hydrogens is 532 g/mol. The molecule has 0 saturated carbocycles. The molecule has 2 N–H and O–H groups in total. The lowest BCUT2D eigenvalue weighted by Gasteiger charge is -2.29. The Labute approximate surface area is 236 Å². The molecule has 1 aliphatic heterocycles. The smallest absolute Gasteiger partial charge is 0.321 e. The van der Waals surface area contributed by atoms with Crippen LogP contribution in [0, 0.1) is 0 Å². The van der Waals surface area contributed by atoms with E-state index < -0.39 is 12.1 Å². The number of likely N-dealkylation sites (tertiary alicyclic amines) is 1. The number of nitrogens with one attached hydrogen (secondary N) is 2. The molecule has 39 heavy (non-hydrogen) atoms. The average Bonchev–Trinajstić information content (AvgIpc) is 3.55. The number of aromatic nitrogens is 3. The number of anilines is 1. The number of urea groups is 1. The lowest BCUT2D eigenvalue weighted by Crippen LogP contribution is -2.49. The highest BCUT2D eigenvalue weighted by molar-refractivity contribution is 7.19. The summed E-state index contributed by atoms with van der Waals surface area (Å²) >= 11 is 8.03. The first-order valence-corrected chi connectivity index (χ1v) is 14.5. The average molecular weight is 561 g/mol. The lowest BCUT2D eigenvalue weighted by molar-refractivity contribution is -0.133. The molecule has 8 nitrogen and oxygen atoms in total. The highest BCUT2D eigenvalue weighted by atomic mass is 35.5. The summed E-state index contributed by atoms with van der Waals surface area (Å²) in [6.07, 6.45) is 4.67. The second-order valence-electron chi connectivity index (χ2n) is 9.91. The van der Waals surface area contributed by atoms with Crippen molar-refractivity contribution in [2.75, 3.05) is 18.4 Å². The second kappa shape index (κ2) is 10.8. The van der Waals surface area contributed by atoms with E-state index in [4.69, 9.17) is 21.7 Å². The molecule has 2 aliphatic rings. The van der Waals surface area contributed by atoms with Gasteiger partial charge in [0.15, 0.2) is 5.13 Å². The second-order valence-corrected chi connectivity index (χ2v) is 11.3. The number of benzene rings is 2. The van der Waals surface area contributed by atoms with E-state index in [9.17, 15) is 9.59 Å². The Morgan fingerprint density at radius 3 is 2.51 bits per heavy atom. The Morgan fingerprint density at radius 2 is 1.74 bits per heavy atom. The van der Waals surface area contributed by atoms with Crippen LogP contribution < -0.4 is 10.6 Å². The van der Waals surface area contributed by atoms with Gasteiger partial charge in [0.1, 0.15) is 6.04 Å². The van der Waals surface area contributed by atoms with Gasteiger partial charge in [-0.2, -0.15) is 5.10 Å². The molecule has 1 saturated heterocycles. The van der Waals surface area contributed by atoms with Gasteiger partial charge in [-0.3, -0.25) is 10.1 Å². The molecular formula is C29H29ClN6O2S. The van der Waals surface area contributed by atoms with E-state index in [1.54, 1.807) is 6.92 Å². The van der Waals surface area contributed by atoms with E-state index in [2.05, 4.69) is 22.8 Å². The summed E-state index contributed by atoms with van der Waals surface area (Å²) in [5, 5.41) is 11.8. The Morgan fingerprint density at radius 1 is 1.00 bits per heavy atom. The highest BCUT2D eigenvalue weighted by Gasteiger charge is 2.31. The van der Waals surface area contributed by atoms with Gasteiger partial charge in [-0.1, -0.05) is 65.4 Å². The fourth-order valence-electron chi connectivity index (χ4n) is 5.33. The third kappa shape index (κ3) is 5.04. The number of thiazole rings is 1. The summed E-state index contributed by atoms with van der Waals surface area (Å²) in [6, 6.07) is 16.7. The molecule has 10 heteroatoms. The van der Waals surface area contributed by atoms with Crippen molar-refractivity contribution in [1.29, 1.82) is 0 Å². The van der Waals surface area contributed by atoms with Gasteiger partial charge in [0.05, 0.1) is 32.7 Å². The molecule has 0 spiro atoms. The number of halogens is 1. The number of hydrogen-bond acceptors (Lipinski definition) is 5. The summed E-state index contributed by atoms with van der Waals surface area (Å²) < 4.78 is 1.90. The maximum atomic E-state index is 12.8. The van der Waals surface area contributed by atoms with Gasteiger partial charge >= 0.3 is 6.03 Å². The summed E-state index contributed by atoms with van der Waals surface area (Å²) in [6.45, 7) is 3.22. The molecule has 1 atom stereocenters. The Balaban J connectivity index is 1.30. The first-order valence-electron chi connectivity index (χ1n) is 13.3. The summed E-state index contributed by atoms with van der Waals surface area (Å²) in [7, 11) is 0. The molecule has 3 heterocycles. The zero-order valence-corrected chi connectivity index (χ0v) is 23.2. The predicted molar refractivity (Wildman–Crippen MR) is 155 cm³/mol. The third-order valence-electron chi connectivity index (χ3n) is 7.24. The topological polar surface area (TPSA) is 92.1 Å². The SMILES string of the molecule is C[C@H](NC(=O)Nc1nc2c(s1)-c1c(c(-c3ccccc3)nn1-c1ccccc1Cl)CC2)C(=O)N1CCCCC1. The number of carbonyl (C=O) groups is 2. The summed E-state index contributed by atoms with van der Waals surface area (Å²) in [5.41, 5.74) is 5.74. The van der Waals surface area contributed by atoms with Crippen LogP contribution in [0.15, 0.2) is 54.6 Å². The van der Waals surface area contributed by atoms with Gasteiger partial charge in [-0.05, 0) is 51.2 Å². The maximum Gasteiger partial charge on any atom is 0.321 e. The normalized spacial score (nSPS) is 15.3. The molecule has 0 unspecified atom stereocenters. The molecule has 1 fully saturated rings. The quantitative estimate of drug-likeness (QED) is 0.316. The van der Waals surface area contributed by atoms with Crippen LogP contribution in [0.5, 0.6) is 0 Å². The number of nitrogens with zero attached hydrogens (tertiary/aromatic N) is 4. The van der Waals surface area contributed by atoms with E-state index in [-0.39, 0.29) is 5.91 Å². The van der Waals surface area contributed by atoms with Crippen molar-refractivity contribution in [2.24, 2.45) is 0 Å². The van der Waals surface area contributed by atoms with Crippen molar-refractivity contribution in [3.05, 3.63) is 70.9 Å². The fraction of sp³-hybridized carbons (Fsp3) is 0.310. The van der Waals surface area contributed by atoms with Crippen LogP contribution in [-0.2, 0) is 17.6 Å². The number of carbonyl (C=O) groups excluding carboxylic acids is 2. The van der Waals surface area contributed by atoms with Gasteiger partial charge < -0.3 is 10.2 Å². The van der Waals surface area contributed by atoms with E-state index in [1.807, 2.05) is 52.0 Å². The maximum absolute atomic E-state index is 12.8. The van der Waals surface area contributed by atoms with Gasteiger partial charge in [0.2, 0.25) is 5.91 Å². The van der Waals surface area contributed by atoms with Crippen molar-refractivity contribution in [2.45, 2.75) is 45.1 Å². The van der Waals surface area contributed by atoms with Crippen LogP contribution >= 0.6 is 22.9 Å². The standard InChI is InChI=1S/C29H29ClN6O2S/c1-18(27(37)35-16-8-3-9-17-35)31-28(38)33-29-32-22-15-14-20-24(19-10-4-2-5-11-19)34-36(25(20)26(22)39-29)23-13-7-6-12-21(23)30/h2,4-7,10-13,18H,3,8-9,14-17H2,1H3,(H2,31,32,33,38)/t18-/m0/s1. The van der Waals surface area contributed by atoms with Gasteiger partial charge in [0, 0.05) is 24.2 Å². The number of fused-ring (bicyclic) bond motifs is 3. The number of piperidine rings is 1. The van der Waals surface area contributed by atoms with Crippen LogP contribution in [0.4, 0.5) is 9.93 Å². The largest absolute Gasteiger partial charge is 0.341 e. The summed E-state index contributed by atoms with van der Waals surface area (Å²) in [5.74, 6) is -0.0509. The highest BCUT2D eigenvalue weighted by Crippen LogP contribution is 2.44. The molecule has 6 rings (SSSR count). The number of hydrogen-bond donors (Lipinski definition) is 2. The number of aryl methyl sites for hydroxylation is 1. The van der Waals surface area contributed by atoms with E-state index in [0.29, 0.717) is 10.2 Å². The zero-order chi connectivity index (χ0) is 26.9. The Kier molecular flexibility index (Phi) is 7.10. The Hall–Kier alpha value is -3.69. The van der Waals surface area contributed by atoms with Crippen LogP contribution in [0.1, 0.15) is 37.4 Å². The molecule has 3 amide bonds. The van der Waals surface area contributed by atoms with Crippen LogP contribution in [0.3, 0.4) is 0 Å². The van der Waals surface area contributed by atoms with E-state index in [1.165, 1.54) is 11.3 Å². The van der Waals surface area contributed by atoms with Gasteiger partial charge in [-0.25, -0.2) is 14.5 Å². The minimum absolute atomic E-state index is 0.0509. The van der Waals surface area contributed by atoms with Crippen molar-refractivity contribution in [3.8, 4) is 27.5 Å². The molecule has 2 aromatic carbocycles. The van der Waals surface area contributed by atoms with Crippen molar-refractivity contribution < 1.29 is 9.59 Å². The molecule has 4 aromatic rings. The zero-order valence-electron chi connectivity index (χ0n) is 21.6. The number of amides is 3. The molecule has 0 radical (unpaired) electrons. The molecule has 0 bridgehead atoms. The third-order valence-corrected chi connectivity index (χ3v) is 8.58. The van der Waals surface area contributed by atoms with Crippen molar-refractivity contribution in [1.82, 2.24) is 25.0 Å². The number of rotatable bonds is 5. The first-order chi connectivity index (χ1) is 19.0. The molecule has 200 valence electrons. The van der Waals surface area contributed by atoms with E-state index in [0.717, 1.165) is 84.0 Å². The van der Waals surface area contributed by atoms with E-state index >= 15 is 0 Å². The monoisotopic (exact) mass is 560 g/mol. The Bertz CT molecular complexity index is 1530. The van der Waals surface area contributed by atoms with Gasteiger partial charge in [-0.15, -0.1) is 0 Å². The van der Waals surface area contributed by atoms with Gasteiger partial charge in [0.25, 0.3) is 0 Å². The predicted octanol–water partition coefficient (Wildman–Crippen LogP) is 5.94. The minimum atomic E-state index is -0.612. The summed E-state index contributed by atoms with van der Waals surface area (Å²) in [4.78, 5) is 33.1. The molecule has 1 aliphatic carbocycles. The number of para-hydroxylation sites is 1. The first kappa shape index (κ1) is 25.6. The van der Waals surface area contributed by atoms with Crippen molar-refractivity contribution in [3.63, 3.8) is 0 Å². The lowest BCUT2D eigenvalue weighted by atomic mass is 9.95.